The van der Waals surface area contributed by atoms with E-state index in [2.05, 4.69) is 50.0 Å². The topological polar surface area (TPSA) is 36.7 Å². The van der Waals surface area contributed by atoms with Crippen LogP contribution in [0.1, 0.15) is 43.5 Å². The molecule has 96 valence electrons. The molecule has 0 N–H and O–H groups in total. The molecule has 0 spiro atoms. The van der Waals surface area contributed by atoms with Crippen LogP contribution in [-0.4, -0.2) is 4.98 Å². The lowest BCUT2D eigenvalue weighted by atomic mass is 9.89. The number of nitrogens with zero attached hydrogens (tertiary/aromatic N) is 2. The van der Waals surface area contributed by atoms with Crippen LogP contribution in [0.2, 0.25) is 0 Å². The van der Waals surface area contributed by atoms with Gasteiger partial charge in [0.05, 0.1) is 0 Å². The summed E-state index contributed by atoms with van der Waals surface area (Å²) in [6, 6.07) is 12.3. The molecule has 0 aliphatic heterocycles. The predicted octanol–water partition coefficient (Wildman–Crippen LogP) is 4.31. The molecule has 2 rings (SSSR count). The number of hydrogen-bond acceptors (Lipinski definition) is 2. The standard InChI is InChI=1S/C17H18N2/c1-4-15-16(12(2)3)6-5-7-17(15)13-8-9-19-14(10-13)11-18/h5-10,12H,4H2,1-3H3. The molecule has 2 nitrogen and oxygen atoms in total. The van der Waals surface area contributed by atoms with Gasteiger partial charge in [-0.1, -0.05) is 39.0 Å². The SMILES string of the molecule is CCc1c(-c2ccnc(C#N)c2)cccc1C(C)C. The summed E-state index contributed by atoms with van der Waals surface area (Å²) in [6.07, 6.45) is 2.70. The molecule has 0 aliphatic carbocycles. The smallest absolute Gasteiger partial charge is 0.141 e. The zero-order valence-corrected chi connectivity index (χ0v) is 11.6. The Bertz CT molecular complexity index is 621. The van der Waals surface area contributed by atoms with Crippen molar-refractivity contribution in [2.45, 2.75) is 33.1 Å². The van der Waals surface area contributed by atoms with Crippen molar-refractivity contribution in [3.63, 3.8) is 0 Å². The summed E-state index contributed by atoms with van der Waals surface area (Å²) in [7, 11) is 0. The lowest BCUT2D eigenvalue weighted by Gasteiger charge is -2.16. The first-order valence-corrected chi connectivity index (χ1v) is 6.65. The average molecular weight is 250 g/mol. The van der Waals surface area contributed by atoms with Crippen LogP contribution in [0.5, 0.6) is 0 Å². The van der Waals surface area contributed by atoms with Crippen molar-refractivity contribution in [1.82, 2.24) is 4.98 Å². The van der Waals surface area contributed by atoms with Gasteiger partial charge in [0.2, 0.25) is 0 Å². The zero-order chi connectivity index (χ0) is 13.8. The zero-order valence-electron chi connectivity index (χ0n) is 11.6. The highest BCUT2D eigenvalue weighted by Crippen LogP contribution is 2.30. The Hall–Kier alpha value is -2.14. The first kappa shape index (κ1) is 13.3. The Balaban J connectivity index is 2.62. The Kier molecular flexibility index (Phi) is 3.97. The fraction of sp³-hybridized carbons (Fsp3) is 0.294. The molecule has 0 saturated carbocycles. The summed E-state index contributed by atoms with van der Waals surface area (Å²) < 4.78 is 0. The van der Waals surface area contributed by atoms with E-state index < -0.39 is 0 Å². The van der Waals surface area contributed by atoms with Crippen molar-refractivity contribution < 1.29 is 0 Å². The molecule has 1 aromatic carbocycles. The van der Waals surface area contributed by atoms with Gasteiger partial charge in [-0.25, -0.2) is 4.98 Å². The molecule has 0 saturated heterocycles. The van der Waals surface area contributed by atoms with Crippen LogP contribution in [0.4, 0.5) is 0 Å². The summed E-state index contributed by atoms with van der Waals surface area (Å²) >= 11 is 0. The third kappa shape index (κ3) is 2.66. The summed E-state index contributed by atoms with van der Waals surface area (Å²) in [5, 5.41) is 8.97. The van der Waals surface area contributed by atoms with E-state index in [0.717, 1.165) is 12.0 Å². The fourth-order valence-electron chi connectivity index (χ4n) is 2.47. The van der Waals surface area contributed by atoms with Gasteiger partial charge >= 0.3 is 0 Å². The van der Waals surface area contributed by atoms with E-state index in [1.807, 2.05) is 12.1 Å². The normalized spacial score (nSPS) is 10.5. The monoisotopic (exact) mass is 250 g/mol. The number of aromatic nitrogens is 1. The van der Waals surface area contributed by atoms with Crippen LogP contribution in [0.25, 0.3) is 11.1 Å². The van der Waals surface area contributed by atoms with E-state index >= 15 is 0 Å². The molecule has 0 unspecified atom stereocenters. The van der Waals surface area contributed by atoms with Crippen LogP contribution < -0.4 is 0 Å². The molecule has 2 aromatic rings. The summed E-state index contributed by atoms with van der Waals surface area (Å²) in [5.74, 6) is 0.507. The first-order valence-electron chi connectivity index (χ1n) is 6.65. The van der Waals surface area contributed by atoms with Crippen LogP contribution in [-0.2, 0) is 6.42 Å². The van der Waals surface area contributed by atoms with E-state index in [9.17, 15) is 0 Å². The minimum Gasteiger partial charge on any atom is -0.246 e. The largest absolute Gasteiger partial charge is 0.246 e. The van der Waals surface area contributed by atoms with Gasteiger partial charge in [-0.05, 0) is 46.7 Å². The second-order valence-corrected chi connectivity index (χ2v) is 4.92. The third-order valence-electron chi connectivity index (χ3n) is 3.37. The number of benzene rings is 1. The van der Waals surface area contributed by atoms with Gasteiger partial charge in [-0.2, -0.15) is 5.26 Å². The van der Waals surface area contributed by atoms with E-state index in [4.69, 9.17) is 5.26 Å². The molecule has 0 amide bonds. The Morgan fingerprint density at radius 1 is 1.26 bits per heavy atom. The lowest BCUT2D eigenvalue weighted by molar-refractivity contribution is 0.845. The van der Waals surface area contributed by atoms with Crippen molar-refractivity contribution in [3.05, 3.63) is 53.3 Å². The molecule has 2 heteroatoms. The minimum atomic E-state index is 0.467. The Labute approximate surface area is 114 Å². The van der Waals surface area contributed by atoms with Gasteiger partial charge in [-0.15, -0.1) is 0 Å². The second-order valence-electron chi connectivity index (χ2n) is 4.92. The number of pyridine rings is 1. The van der Waals surface area contributed by atoms with Crippen LogP contribution in [0.3, 0.4) is 0 Å². The molecular formula is C17H18N2. The average Bonchev–Trinajstić information content (AvgIpc) is 2.46. The summed E-state index contributed by atoms with van der Waals surface area (Å²) in [4.78, 5) is 4.04. The van der Waals surface area contributed by atoms with Crippen LogP contribution in [0, 0.1) is 11.3 Å². The van der Waals surface area contributed by atoms with Gasteiger partial charge < -0.3 is 0 Å². The molecule has 1 heterocycles. The highest BCUT2D eigenvalue weighted by molar-refractivity contribution is 5.69. The van der Waals surface area contributed by atoms with E-state index in [0.29, 0.717) is 11.6 Å². The summed E-state index contributed by atoms with van der Waals surface area (Å²) in [6.45, 7) is 6.61. The van der Waals surface area contributed by atoms with Crippen molar-refractivity contribution in [1.29, 1.82) is 5.26 Å². The van der Waals surface area contributed by atoms with Gasteiger partial charge in [0.25, 0.3) is 0 Å². The fourth-order valence-corrected chi connectivity index (χ4v) is 2.47. The van der Waals surface area contributed by atoms with Crippen molar-refractivity contribution >= 4 is 0 Å². The summed E-state index contributed by atoms with van der Waals surface area (Å²) in [5.41, 5.74) is 5.51. The Morgan fingerprint density at radius 3 is 2.68 bits per heavy atom. The first-order chi connectivity index (χ1) is 9.17. The van der Waals surface area contributed by atoms with E-state index in [1.54, 1.807) is 6.20 Å². The van der Waals surface area contributed by atoms with Gasteiger partial charge in [0, 0.05) is 6.20 Å². The maximum atomic E-state index is 8.97. The number of rotatable bonds is 3. The molecule has 0 fully saturated rings. The van der Waals surface area contributed by atoms with Gasteiger partial charge in [0.1, 0.15) is 11.8 Å². The van der Waals surface area contributed by atoms with E-state index in [-0.39, 0.29) is 0 Å². The second kappa shape index (κ2) is 5.67. The maximum absolute atomic E-state index is 8.97. The molecule has 0 radical (unpaired) electrons. The maximum Gasteiger partial charge on any atom is 0.141 e. The molecule has 0 atom stereocenters. The Morgan fingerprint density at radius 2 is 2.05 bits per heavy atom. The van der Waals surface area contributed by atoms with Crippen molar-refractivity contribution in [2.24, 2.45) is 0 Å². The predicted molar refractivity (Wildman–Crippen MR) is 77.9 cm³/mol. The molecular weight excluding hydrogens is 232 g/mol. The van der Waals surface area contributed by atoms with Crippen molar-refractivity contribution in [3.8, 4) is 17.2 Å². The number of nitriles is 1. The third-order valence-corrected chi connectivity index (χ3v) is 3.37. The van der Waals surface area contributed by atoms with Gasteiger partial charge in [-0.3, -0.25) is 0 Å². The van der Waals surface area contributed by atoms with E-state index in [1.165, 1.54) is 16.7 Å². The van der Waals surface area contributed by atoms with Gasteiger partial charge in [0.15, 0.2) is 0 Å². The van der Waals surface area contributed by atoms with Crippen LogP contribution in [0.15, 0.2) is 36.5 Å². The highest BCUT2D eigenvalue weighted by atomic mass is 14.7. The molecule has 1 aromatic heterocycles. The van der Waals surface area contributed by atoms with Crippen LogP contribution >= 0.6 is 0 Å². The molecule has 19 heavy (non-hydrogen) atoms. The lowest BCUT2D eigenvalue weighted by Crippen LogP contribution is -1.98. The highest BCUT2D eigenvalue weighted by Gasteiger charge is 2.11. The quantitative estimate of drug-likeness (QED) is 0.814. The molecule has 0 bridgehead atoms. The molecule has 0 aliphatic rings. The number of hydrogen-bond donors (Lipinski definition) is 0. The minimum absolute atomic E-state index is 0.467. The van der Waals surface area contributed by atoms with Crippen molar-refractivity contribution in [2.75, 3.05) is 0 Å².